The van der Waals surface area contributed by atoms with Gasteiger partial charge >= 0.3 is 0 Å². The number of halogens is 1. The minimum atomic E-state index is -1.80. The highest BCUT2D eigenvalue weighted by Crippen LogP contribution is 2.21. The van der Waals surface area contributed by atoms with Crippen molar-refractivity contribution in [3.05, 3.63) is 89.7 Å². The highest BCUT2D eigenvalue weighted by Gasteiger charge is 2.34. The predicted molar refractivity (Wildman–Crippen MR) is 147 cm³/mol. The number of hydrogen-bond acceptors (Lipinski definition) is 5. The van der Waals surface area contributed by atoms with Crippen LogP contribution in [0.2, 0.25) is 5.02 Å². The molecule has 1 aromatic heterocycles. The fraction of sp³-hybridized carbons (Fsp3) is 0.345. The number of carbonyl (C=O) groups excluding carboxylic acids is 2. The predicted octanol–water partition coefficient (Wildman–Crippen LogP) is 4.64. The number of nitrogens with zero attached hydrogens (tertiary/aromatic N) is 2. The van der Waals surface area contributed by atoms with Gasteiger partial charge in [0.1, 0.15) is 0 Å². The van der Waals surface area contributed by atoms with Crippen molar-refractivity contribution in [1.82, 2.24) is 15.2 Å². The molecule has 1 aliphatic rings. The quantitative estimate of drug-likeness (QED) is 0.435. The Morgan fingerprint density at radius 3 is 1.92 bits per heavy atom. The number of hydrogen-bond donors (Lipinski definition) is 3. The topological polar surface area (TPSA) is 103 Å². The molecule has 198 valence electrons. The third-order valence-electron chi connectivity index (χ3n) is 5.75. The molecule has 7 nitrogen and oxygen atoms in total. The summed E-state index contributed by atoms with van der Waals surface area (Å²) in [5.74, 6) is -1.37. The van der Waals surface area contributed by atoms with Gasteiger partial charge in [0, 0.05) is 30.5 Å². The van der Waals surface area contributed by atoms with Crippen LogP contribution in [-0.4, -0.2) is 57.2 Å². The van der Waals surface area contributed by atoms with Gasteiger partial charge in [-0.25, -0.2) is 0 Å². The van der Waals surface area contributed by atoms with Crippen LogP contribution in [0.15, 0.2) is 79.1 Å². The number of amides is 2. The number of carbonyl (C=O) groups is 2. The molecule has 4 rings (SSSR count). The lowest BCUT2D eigenvalue weighted by Crippen LogP contribution is -2.50. The maximum atomic E-state index is 12.3. The molecule has 3 aromatic rings. The number of nitrogens with one attached hydrogen (secondary N) is 1. The monoisotopic (exact) mass is 525 g/mol. The van der Waals surface area contributed by atoms with E-state index in [1.54, 1.807) is 19.3 Å². The van der Waals surface area contributed by atoms with Crippen molar-refractivity contribution in [2.45, 2.75) is 51.9 Å². The number of aromatic nitrogens is 1. The third-order valence-corrected chi connectivity index (χ3v) is 6.01. The first-order chi connectivity index (χ1) is 17.9. The van der Waals surface area contributed by atoms with Gasteiger partial charge < -0.3 is 20.4 Å². The Morgan fingerprint density at radius 2 is 1.41 bits per heavy atom. The molecule has 1 saturated heterocycles. The lowest BCUT2D eigenvalue weighted by Gasteiger charge is -2.24. The summed E-state index contributed by atoms with van der Waals surface area (Å²) < 4.78 is 0. The summed E-state index contributed by atoms with van der Waals surface area (Å²) in [4.78, 5) is 29.9. The van der Waals surface area contributed by atoms with E-state index in [0.29, 0.717) is 13.1 Å². The third kappa shape index (κ3) is 9.28. The molecule has 2 aromatic carbocycles. The SMILES string of the molecule is CC.CC(NC(=O)C(O)C(O)C(=O)N1CCCC1)c1ccc(-c2ccncc2)cc1.Clc1ccccc1. The average molecular weight is 526 g/mol. The lowest BCUT2D eigenvalue weighted by molar-refractivity contribution is -0.152. The Bertz CT molecular complexity index is 1080. The molecule has 0 aliphatic carbocycles. The van der Waals surface area contributed by atoms with Gasteiger partial charge in [0.2, 0.25) is 0 Å². The average Bonchev–Trinajstić information content (AvgIpc) is 3.49. The van der Waals surface area contributed by atoms with Crippen LogP contribution >= 0.6 is 11.6 Å². The van der Waals surface area contributed by atoms with Gasteiger partial charge in [0.25, 0.3) is 11.8 Å². The Morgan fingerprint density at radius 1 is 0.865 bits per heavy atom. The molecule has 0 spiro atoms. The number of benzene rings is 2. The molecule has 0 bridgehead atoms. The molecule has 2 heterocycles. The van der Waals surface area contributed by atoms with Crippen LogP contribution in [0.5, 0.6) is 0 Å². The van der Waals surface area contributed by atoms with E-state index in [0.717, 1.165) is 34.6 Å². The summed E-state index contributed by atoms with van der Waals surface area (Å²) in [5.41, 5.74) is 2.91. The van der Waals surface area contributed by atoms with Crippen molar-refractivity contribution in [3.8, 4) is 11.1 Å². The van der Waals surface area contributed by atoms with Crippen LogP contribution < -0.4 is 5.32 Å². The molecule has 2 amide bonds. The Kier molecular flexibility index (Phi) is 12.8. The first-order valence-electron chi connectivity index (χ1n) is 12.5. The molecule has 3 unspecified atom stereocenters. The maximum absolute atomic E-state index is 12.3. The zero-order chi connectivity index (χ0) is 27.2. The summed E-state index contributed by atoms with van der Waals surface area (Å²) in [6.45, 7) is 6.87. The normalized spacial score (nSPS) is 14.7. The van der Waals surface area contributed by atoms with Gasteiger partial charge in [-0.15, -0.1) is 0 Å². The highest BCUT2D eigenvalue weighted by molar-refractivity contribution is 6.30. The Hall–Kier alpha value is -3.26. The number of pyridine rings is 1. The van der Waals surface area contributed by atoms with E-state index in [1.807, 2.05) is 80.6 Å². The van der Waals surface area contributed by atoms with Crippen molar-refractivity contribution in [3.63, 3.8) is 0 Å². The molecule has 8 heteroatoms. The zero-order valence-corrected chi connectivity index (χ0v) is 22.3. The van der Waals surface area contributed by atoms with E-state index >= 15 is 0 Å². The van der Waals surface area contributed by atoms with Crippen molar-refractivity contribution in [1.29, 1.82) is 0 Å². The Balaban J connectivity index is 0.000000455. The van der Waals surface area contributed by atoms with Crippen LogP contribution in [0.3, 0.4) is 0 Å². The fourth-order valence-corrected chi connectivity index (χ4v) is 3.85. The minimum absolute atomic E-state index is 0.386. The van der Waals surface area contributed by atoms with Gasteiger partial charge in [-0.05, 0) is 60.7 Å². The van der Waals surface area contributed by atoms with Gasteiger partial charge in [0.05, 0.1) is 6.04 Å². The van der Waals surface area contributed by atoms with Crippen molar-refractivity contribution in [2.24, 2.45) is 0 Å². The molecule has 1 fully saturated rings. The van der Waals surface area contributed by atoms with Crippen molar-refractivity contribution >= 4 is 23.4 Å². The smallest absolute Gasteiger partial charge is 0.254 e. The maximum Gasteiger partial charge on any atom is 0.254 e. The molecule has 1 aliphatic heterocycles. The second kappa shape index (κ2) is 15.8. The number of aliphatic hydroxyl groups excluding tert-OH is 2. The van der Waals surface area contributed by atoms with E-state index < -0.39 is 24.0 Å². The molecular formula is C29H36ClN3O4. The van der Waals surface area contributed by atoms with E-state index in [1.165, 1.54) is 4.90 Å². The largest absolute Gasteiger partial charge is 0.380 e. The fourth-order valence-electron chi connectivity index (χ4n) is 3.71. The number of rotatable bonds is 6. The first-order valence-corrected chi connectivity index (χ1v) is 12.9. The van der Waals surface area contributed by atoms with Crippen LogP contribution in [0, 0.1) is 0 Å². The van der Waals surface area contributed by atoms with Crippen LogP contribution in [0.1, 0.15) is 45.2 Å². The second-order valence-electron chi connectivity index (χ2n) is 8.31. The zero-order valence-electron chi connectivity index (χ0n) is 21.5. The van der Waals surface area contributed by atoms with Gasteiger partial charge in [0.15, 0.2) is 12.2 Å². The van der Waals surface area contributed by atoms with E-state index in [2.05, 4.69) is 10.3 Å². The van der Waals surface area contributed by atoms with Gasteiger partial charge in [-0.1, -0.05) is 67.9 Å². The standard InChI is InChI=1S/C21H25N3O4.C6H5Cl.C2H6/c1-14(15-4-6-16(7-5-15)17-8-10-22-11-9-17)23-20(27)18(25)19(26)21(28)24-12-2-3-13-24;7-6-4-2-1-3-5-6;1-2/h4-11,14,18-19,25-26H,2-3,12-13H2,1H3,(H,23,27);1-5H;1-2H3. The van der Waals surface area contributed by atoms with E-state index in [-0.39, 0.29) is 6.04 Å². The lowest BCUT2D eigenvalue weighted by atomic mass is 10.0. The molecule has 0 saturated carbocycles. The van der Waals surface area contributed by atoms with E-state index in [9.17, 15) is 19.8 Å². The van der Waals surface area contributed by atoms with E-state index in [4.69, 9.17) is 11.6 Å². The summed E-state index contributed by atoms with van der Waals surface area (Å²) in [7, 11) is 0. The Labute approximate surface area is 224 Å². The molecule has 3 N–H and O–H groups in total. The molecule has 3 atom stereocenters. The molecule has 37 heavy (non-hydrogen) atoms. The summed E-state index contributed by atoms with van der Waals surface area (Å²) in [6, 6.07) is 20.5. The van der Waals surface area contributed by atoms with Gasteiger partial charge in [-0.3, -0.25) is 14.6 Å². The van der Waals surface area contributed by atoms with Crippen LogP contribution in [0.25, 0.3) is 11.1 Å². The number of aliphatic hydroxyl groups is 2. The summed E-state index contributed by atoms with van der Waals surface area (Å²) in [6.07, 6.45) is 1.64. The van der Waals surface area contributed by atoms with Crippen molar-refractivity contribution < 1.29 is 19.8 Å². The van der Waals surface area contributed by atoms with Gasteiger partial charge in [-0.2, -0.15) is 0 Å². The minimum Gasteiger partial charge on any atom is -0.380 e. The number of likely N-dealkylation sites (tertiary alicyclic amines) is 1. The first kappa shape index (κ1) is 30.0. The molecule has 0 radical (unpaired) electrons. The second-order valence-corrected chi connectivity index (χ2v) is 8.74. The summed E-state index contributed by atoms with van der Waals surface area (Å²) in [5, 5.41) is 23.6. The highest BCUT2D eigenvalue weighted by atomic mass is 35.5. The van der Waals surface area contributed by atoms with Crippen LogP contribution in [-0.2, 0) is 9.59 Å². The summed E-state index contributed by atoms with van der Waals surface area (Å²) >= 11 is 5.54. The van der Waals surface area contributed by atoms with Crippen LogP contribution in [0.4, 0.5) is 0 Å². The molecular weight excluding hydrogens is 490 g/mol. The van der Waals surface area contributed by atoms with Crippen molar-refractivity contribution in [2.75, 3.05) is 13.1 Å².